The first-order chi connectivity index (χ1) is 11.9. The van der Waals surface area contributed by atoms with E-state index < -0.39 is 29.0 Å². The SMILES string of the molecule is C=CCCCN(C)C(=NCC(=O)Nc1ccc(F)c(F)c1F)NCC. The number of amides is 1. The zero-order valence-electron chi connectivity index (χ0n) is 14.4. The molecule has 1 aromatic carbocycles. The third-order valence-electron chi connectivity index (χ3n) is 3.28. The number of hydrogen-bond acceptors (Lipinski definition) is 2. The topological polar surface area (TPSA) is 56.7 Å². The molecule has 0 aliphatic carbocycles. The number of allylic oxidation sites excluding steroid dienone is 1. The minimum atomic E-state index is -1.63. The summed E-state index contributed by atoms with van der Waals surface area (Å²) in [6.07, 6.45) is 3.57. The predicted octanol–water partition coefficient (Wildman–Crippen LogP) is 2.91. The molecule has 138 valence electrons. The van der Waals surface area contributed by atoms with Crippen molar-refractivity contribution < 1.29 is 18.0 Å². The van der Waals surface area contributed by atoms with E-state index in [1.54, 1.807) is 0 Å². The Morgan fingerprint density at radius 3 is 2.68 bits per heavy atom. The number of nitrogens with zero attached hydrogens (tertiary/aromatic N) is 2. The van der Waals surface area contributed by atoms with E-state index >= 15 is 0 Å². The standard InChI is InChI=1S/C17H23F3N4O/c1-4-6-7-10-24(3)17(21-5-2)22-11-14(25)23-13-9-8-12(18)15(19)16(13)20/h4,8-9H,1,5-7,10-11H2,2-3H3,(H,21,22)(H,23,25). The average molecular weight is 356 g/mol. The van der Waals surface area contributed by atoms with Gasteiger partial charge in [0.25, 0.3) is 0 Å². The molecular weight excluding hydrogens is 333 g/mol. The van der Waals surface area contributed by atoms with Gasteiger partial charge in [-0.3, -0.25) is 4.79 Å². The van der Waals surface area contributed by atoms with E-state index in [1.165, 1.54) is 0 Å². The summed E-state index contributed by atoms with van der Waals surface area (Å²) < 4.78 is 39.6. The Kier molecular flexibility index (Phi) is 8.52. The van der Waals surface area contributed by atoms with Crippen LogP contribution in [0.5, 0.6) is 0 Å². The van der Waals surface area contributed by atoms with E-state index in [9.17, 15) is 18.0 Å². The van der Waals surface area contributed by atoms with Crippen molar-refractivity contribution in [2.75, 3.05) is 32.0 Å². The fraction of sp³-hybridized carbons (Fsp3) is 0.412. The van der Waals surface area contributed by atoms with Gasteiger partial charge in [0.1, 0.15) is 6.54 Å². The molecule has 0 spiro atoms. The van der Waals surface area contributed by atoms with Gasteiger partial charge < -0.3 is 15.5 Å². The second-order valence-electron chi connectivity index (χ2n) is 5.29. The highest BCUT2D eigenvalue weighted by Gasteiger charge is 2.15. The number of carbonyl (C=O) groups is 1. The highest BCUT2D eigenvalue weighted by molar-refractivity contribution is 5.94. The van der Waals surface area contributed by atoms with E-state index in [2.05, 4.69) is 22.2 Å². The summed E-state index contributed by atoms with van der Waals surface area (Å²) in [6.45, 7) is 6.60. The van der Waals surface area contributed by atoms with Gasteiger partial charge in [-0.15, -0.1) is 6.58 Å². The number of carbonyl (C=O) groups excluding carboxylic acids is 1. The molecule has 0 saturated carbocycles. The lowest BCUT2D eigenvalue weighted by molar-refractivity contribution is -0.114. The van der Waals surface area contributed by atoms with Crippen LogP contribution in [0.4, 0.5) is 18.9 Å². The molecule has 0 aliphatic rings. The molecule has 1 rings (SSSR count). The first kappa shape index (κ1) is 20.5. The van der Waals surface area contributed by atoms with Crippen LogP contribution in [0.15, 0.2) is 29.8 Å². The molecular formula is C17H23F3N4O. The Balaban J connectivity index is 2.70. The number of unbranched alkanes of at least 4 members (excludes halogenated alkanes) is 1. The minimum Gasteiger partial charge on any atom is -0.357 e. The number of aliphatic imine (C=N–C) groups is 1. The molecule has 0 fully saturated rings. The molecule has 2 N–H and O–H groups in total. The highest BCUT2D eigenvalue weighted by Crippen LogP contribution is 2.19. The molecule has 8 heteroatoms. The molecule has 0 unspecified atom stereocenters. The summed E-state index contributed by atoms with van der Waals surface area (Å²) >= 11 is 0. The third kappa shape index (κ3) is 6.48. The van der Waals surface area contributed by atoms with Crippen molar-refractivity contribution in [3.05, 3.63) is 42.2 Å². The van der Waals surface area contributed by atoms with E-state index in [0.717, 1.165) is 31.5 Å². The summed E-state index contributed by atoms with van der Waals surface area (Å²) in [6, 6.07) is 1.71. The highest BCUT2D eigenvalue weighted by atomic mass is 19.2. The van der Waals surface area contributed by atoms with Crippen molar-refractivity contribution in [2.45, 2.75) is 19.8 Å². The van der Waals surface area contributed by atoms with Gasteiger partial charge in [-0.25, -0.2) is 18.2 Å². The van der Waals surface area contributed by atoms with Crippen LogP contribution in [0.25, 0.3) is 0 Å². The lowest BCUT2D eigenvalue weighted by Gasteiger charge is -2.21. The van der Waals surface area contributed by atoms with Crippen LogP contribution in [-0.2, 0) is 4.79 Å². The maximum Gasteiger partial charge on any atom is 0.246 e. The van der Waals surface area contributed by atoms with E-state index in [1.807, 2.05) is 24.9 Å². The van der Waals surface area contributed by atoms with Crippen LogP contribution in [-0.4, -0.2) is 43.4 Å². The average Bonchev–Trinajstić information content (AvgIpc) is 2.59. The van der Waals surface area contributed by atoms with Crippen molar-refractivity contribution in [1.29, 1.82) is 0 Å². The van der Waals surface area contributed by atoms with E-state index in [-0.39, 0.29) is 6.54 Å². The van der Waals surface area contributed by atoms with Gasteiger partial charge in [-0.1, -0.05) is 6.08 Å². The molecule has 1 amide bonds. The van der Waals surface area contributed by atoms with Gasteiger partial charge in [-0.05, 0) is 31.9 Å². The van der Waals surface area contributed by atoms with Crippen molar-refractivity contribution in [3.8, 4) is 0 Å². The lowest BCUT2D eigenvalue weighted by atomic mass is 10.2. The molecule has 0 aliphatic heterocycles. The van der Waals surface area contributed by atoms with E-state index in [0.29, 0.717) is 12.5 Å². The summed E-state index contributed by atoms with van der Waals surface area (Å²) in [5.74, 6) is -4.50. The molecule has 5 nitrogen and oxygen atoms in total. The Hall–Kier alpha value is -2.51. The summed E-state index contributed by atoms with van der Waals surface area (Å²) in [4.78, 5) is 17.9. The second-order valence-corrected chi connectivity index (χ2v) is 5.29. The molecule has 0 heterocycles. The summed E-state index contributed by atoms with van der Waals surface area (Å²) in [5.41, 5.74) is -0.427. The van der Waals surface area contributed by atoms with Gasteiger partial charge in [-0.2, -0.15) is 0 Å². The third-order valence-corrected chi connectivity index (χ3v) is 3.28. The van der Waals surface area contributed by atoms with Gasteiger partial charge in [0.2, 0.25) is 5.91 Å². The van der Waals surface area contributed by atoms with Gasteiger partial charge >= 0.3 is 0 Å². The normalized spacial score (nSPS) is 11.2. The van der Waals surface area contributed by atoms with Crippen molar-refractivity contribution in [1.82, 2.24) is 10.2 Å². The molecule has 1 aromatic rings. The Labute approximate surface area is 145 Å². The molecule has 0 radical (unpaired) electrons. The Bertz CT molecular complexity index is 635. The smallest absolute Gasteiger partial charge is 0.246 e. The first-order valence-corrected chi connectivity index (χ1v) is 7.94. The number of anilines is 1. The Morgan fingerprint density at radius 1 is 1.32 bits per heavy atom. The second kappa shape index (κ2) is 10.4. The largest absolute Gasteiger partial charge is 0.357 e. The zero-order chi connectivity index (χ0) is 18.8. The van der Waals surface area contributed by atoms with Gasteiger partial charge in [0.15, 0.2) is 23.4 Å². The van der Waals surface area contributed by atoms with Crippen LogP contribution >= 0.6 is 0 Å². The number of hydrogen-bond donors (Lipinski definition) is 2. The van der Waals surface area contributed by atoms with Crippen molar-refractivity contribution in [3.63, 3.8) is 0 Å². The monoisotopic (exact) mass is 356 g/mol. The molecule has 0 bridgehead atoms. The Morgan fingerprint density at radius 2 is 2.04 bits per heavy atom. The number of nitrogens with one attached hydrogen (secondary N) is 2. The van der Waals surface area contributed by atoms with Crippen LogP contribution in [0, 0.1) is 17.5 Å². The van der Waals surface area contributed by atoms with Crippen molar-refractivity contribution >= 4 is 17.6 Å². The van der Waals surface area contributed by atoms with Gasteiger partial charge in [0.05, 0.1) is 5.69 Å². The number of benzene rings is 1. The number of guanidine groups is 1. The predicted molar refractivity (Wildman–Crippen MR) is 93.0 cm³/mol. The van der Waals surface area contributed by atoms with Gasteiger partial charge in [0, 0.05) is 20.1 Å². The van der Waals surface area contributed by atoms with Crippen LogP contribution in [0.1, 0.15) is 19.8 Å². The summed E-state index contributed by atoms with van der Waals surface area (Å²) in [7, 11) is 1.83. The first-order valence-electron chi connectivity index (χ1n) is 7.94. The quantitative estimate of drug-likeness (QED) is 0.248. The fourth-order valence-corrected chi connectivity index (χ4v) is 2.01. The molecule has 0 atom stereocenters. The molecule has 25 heavy (non-hydrogen) atoms. The fourth-order valence-electron chi connectivity index (χ4n) is 2.01. The summed E-state index contributed by atoms with van der Waals surface area (Å²) in [5, 5.41) is 5.22. The van der Waals surface area contributed by atoms with E-state index in [4.69, 9.17) is 0 Å². The minimum absolute atomic E-state index is 0.285. The maximum atomic E-state index is 13.5. The van der Waals surface area contributed by atoms with Crippen LogP contribution < -0.4 is 10.6 Å². The zero-order valence-corrected chi connectivity index (χ0v) is 14.4. The van der Waals surface area contributed by atoms with Crippen LogP contribution in [0.2, 0.25) is 0 Å². The lowest BCUT2D eigenvalue weighted by Crippen LogP contribution is -2.40. The van der Waals surface area contributed by atoms with Crippen molar-refractivity contribution in [2.24, 2.45) is 4.99 Å². The number of halogens is 3. The maximum absolute atomic E-state index is 13.5. The molecule has 0 saturated heterocycles. The number of rotatable bonds is 8. The van der Waals surface area contributed by atoms with Crippen LogP contribution in [0.3, 0.4) is 0 Å². The molecule has 0 aromatic heterocycles.